The average molecular weight is 282 g/mol. The summed E-state index contributed by atoms with van der Waals surface area (Å²) in [6.07, 6.45) is 4.86. The van der Waals surface area contributed by atoms with Crippen LogP contribution in [0, 0.1) is 5.92 Å². The Kier molecular flexibility index (Phi) is 4.29. The van der Waals surface area contributed by atoms with Gasteiger partial charge in [0.05, 0.1) is 12.1 Å². The molecule has 3 aliphatic rings. The number of rotatable bonds is 3. The summed E-state index contributed by atoms with van der Waals surface area (Å²) in [5.41, 5.74) is -0.689. The van der Waals surface area contributed by atoms with E-state index in [-0.39, 0.29) is 11.8 Å². The van der Waals surface area contributed by atoms with Gasteiger partial charge < -0.3 is 19.6 Å². The van der Waals surface area contributed by atoms with E-state index < -0.39 is 5.60 Å². The topological polar surface area (TPSA) is 53.0 Å². The van der Waals surface area contributed by atoms with Crippen LogP contribution >= 0.6 is 0 Å². The SMILES string of the molecule is O=C(C1CCOCC1)N1CCC(O)(CN2CCCC2)C1. The molecule has 20 heavy (non-hydrogen) atoms. The van der Waals surface area contributed by atoms with Crippen LogP contribution in [0.3, 0.4) is 0 Å². The van der Waals surface area contributed by atoms with Gasteiger partial charge in [-0.3, -0.25) is 4.79 Å². The third-order valence-corrected chi connectivity index (χ3v) is 4.93. The molecular weight excluding hydrogens is 256 g/mol. The van der Waals surface area contributed by atoms with Gasteiger partial charge in [0.1, 0.15) is 0 Å². The van der Waals surface area contributed by atoms with E-state index in [1.54, 1.807) is 0 Å². The number of ether oxygens (including phenoxy) is 1. The fraction of sp³-hybridized carbons (Fsp3) is 0.933. The van der Waals surface area contributed by atoms with Gasteiger partial charge in [-0.1, -0.05) is 0 Å². The van der Waals surface area contributed by atoms with Crippen molar-refractivity contribution in [2.24, 2.45) is 5.92 Å². The molecule has 0 aromatic carbocycles. The molecule has 5 heteroatoms. The summed E-state index contributed by atoms with van der Waals surface area (Å²) in [7, 11) is 0. The Hall–Kier alpha value is -0.650. The number of carbonyl (C=O) groups is 1. The lowest BCUT2D eigenvalue weighted by Crippen LogP contribution is -2.46. The Balaban J connectivity index is 1.53. The lowest BCUT2D eigenvalue weighted by molar-refractivity contribution is -0.138. The van der Waals surface area contributed by atoms with Crippen LogP contribution in [0.25, 0.3) is 0 Å². The van der Waals surface area contributed by atoms with Crippen LogP contribution in [-0.4, -0.2) is 72.4 Å². The highest BCUT2D eigenvalue weighted by Gasteiger charge is 2.41. The molecule has 1 unspecified atom stereocenters. The van der Waals surface area contributed by atoms with Crippen molar-refractivity contribution in [3.8, 4) is 0 Å². The fourth-order valence-electron chi connectivity index (χ4n) is 3.73. The Morgan fingerprint density at radius 3 is 2.60 bits per heavy atom. The van der Waals surface area contributed by atoms with Gasteiger partial charge in [-0.05, 0) is 45.2 Å². The van der Waals surface area contributed by atoms with E-state index in [9.17, 15) is 9.90 Å². The van der Waals surface area contributed by atoms with E-state index in [2.05, 4.69) is 4.90 Å². The number of likely N-dealkylation sites (tertiary alicyclic amines) is 2. The molecule has 0 radical (unpaired) electrons. The first-order valence-electron chi connectivity index (χ1n) is 7.98. The lowest BCUT2D eigenvalue weighted by atomic mass is 9.98. The summed E-state index contributed by atoms with van der Waals surface area (Å²) in [6, 6.07) is 0. The molecule has 3 saturated heterocycles. The smallest absolute Gasteiger partial charge is 0.225 e. The van der Waals surface area contributed by atoms with Crippen LogP contribution in [0.15, 0.2) is 0 Å². The zero-order valence-corrected chi connectivity index (χ0v) is 12.2. The molecule has 1 amide bonds. The predicted octanol–water partition coefficient (Wildman–Crippen LogP) is 0.472. The summed E-state index contributed by atoms with van der Waals surface area (Å²) < 4.78 is 5.32. The second kappa shape index (κ2) is 6.00. The van der Waals surface area contributed by atoms with Crippen LogP contribution in [0.4, 0.5) is 0 Å². The van der Waals surface area contributed by atoms with E-state index in [4.69, 9.17) is 4.74 Å². The predicted molar refractivity (Wildman–Crippen MR) is 75.4 cm³/mol. The average Bonchev–Trinajstić information content (AvgIpc) is 3.09. The molecule has 0 bridgehead atoms. The molecule has 1 atom stereocenters. The van der Waals surface area contributed by atoms with Crippen molar-refractivity contribution < 1.29 is 14.6 Å². The van der Waals surface area contributed by atoms with Crippen molar-refractivity contribution in [3.63, 3.8) is 0 Å². The molecule has 0 aromatic heterocycles. The number of nitrogens with zero attached hydrogens (tertiary/aromatic N) is 2. The summed E-state index contributed by atoms with van der Waals surface area (Å²) in [5, 5.41) is 10.7. The van der Waals surface area contributed by atoms with Gasteiger partial charge in [0.25, 0.3) is 0 Å². The second-order valence-electron chi connectivity index (χ2n) is 6.60. The Morgan fingerprint density at radius 2 is 1.90 bits per heavy atom. The van der Waals surface area contributed by atoms with Gasteiger partial charge >= 0.3 is 0 Å². The number of hydrogen-bond donors (Lipinski definition) is 1. The van der Waals surface area contributed by atoms with Crippen molar-refractivity contribution in [1.82, 2.24) is 9.80 Å². The third kappa shape index (κ3) is 3.15. The number of amides is 1. The molecule has 3 aliphatic heterocycles. The number of β-amino-alcohol motifs (C(OH)–C–C–N with tert-alkyl or cyclic N) is 1. The minimum Gasteiger partial charge on any atom is -0.387 e. The summed E-state index contributed by atoms with van der Waals surface area (Å²) >= 11 is 0. The fourth-order valence-corrected chi connectivity index (χ4v) is 3.73. The number of aliphatic hydroxyl groups is 1. The van der Waals surface area contributed by atoms with E-state index in [1.165, 1.54) is 12.8 Å². The van der Waals surface area contributed by atoms with Crippen LogP contribution in [0.2, 0.25) is 0 Å². The van der Waals surface area contributed by atoms with Crippen LogP contribution in [-0.2, 0) is 9.53 Å². The van der Waals surface area contributed by atoms with Gasteiger partial charge in [0.15, 0.2) is 0 Å². The summed E-state index contributed by atoms with van der Waals surface area (Å²) in [5.74, 6) is 0.337. The Bertz CT molecular complexity index is 351. The molecule has 0 aromatic rings. The first-order valence-corrected chi connectivity index (χ1v) is 7.98. The largest absolute Gasteiger partial charge is 0.387 e. The Labute approximate surface area is 120 Å². The van der Waals surface area contributed by atoms with Crippen molar-refractivity contribution in [2.45, 2.75) is 37.7 Å². The van der Waals surface area contributed by atoms with E-state index in [0.29, 0.717) is 26.3 Å². The summed E-state index contributed by atoms with van der Waals surface area (Å²) in [6.45, 7) is 5.53. The van der Waals surface area contributed by atoms with E-state index in [0.717, 1.165) is 38.9 Å². The molecule has 0 aliphatic carbocycles. The molecule has 3 fully saturated rings. The molecule has 1 N–H and O–H groups in total. The standard InChI is InChI=1S/C15H26N2O3/c18-14(13-3-9-20-10-4-13)17-8-5-15(19,12-17)11-16-6-1-2-7-16/h13,19H,1-12H2. The van der Waals surface area contributed by atoms with Crippen molar-refractivity contribution in [2.75, 3.05) is 45.9 Å². The van der Waals surface area contributed by atoms with Gasteiger partial charge in [-0.25, -0.2) is 0 Å². The first kappa shape index (κ1) is 14.3. The summed E-state index contributed by atoms with van der Waals surface area (Å²) in [4.78, 5) is 16.7. The molecule has 0 saturated carbocycles. The van der Waals surface area contributed by atoms with Gasteiger partial charge in [0.2, 0.25) is 5.91 Å². The Morgan fingerprint density at radius 1 is 1.20 bits per heavy atom. The van der Waals surface area contributed by atoms with Crippen LogP contribution in [0.1, 0.15) is 32.1 Å². The third-order valence-electron chi connectivity index (χ3n) is 4.93. The maximum absolute atomic E-state index is 12.5. The van der Waals surface area contributed by atoms with Gasteiger partial charge in [-0.15, -0.1) is 0 Å². The zero-order valence-electron chi connectivity index (χ0n) is 12.2. The van der Waals surface area contributed by atoms with Crippen LogP contribution < -0.4 is 0 Å². The molecule has 5 nitrogen and oxygen atoms in total. The minimum absolute atomic E-state index is 0.109. The maximum atomic E-state index is 12.5. The molecular formula is C15H26N2O3. The molecule has 3 heterocycles. The highest BCUT2D eigenvalue weighted by molar-refractivity contribution is 5.79. The van der Waals surface area contributed by atoms with Crippen molar-refractivity contribution >= 4 is 5.91 Å². The maximum Gasteiger partial charge on any atom is 0.225 e. The quantitative estimate of drug-likeness (QED) is 0.818. The molecule has 0 spiro atoms. The first-order chi connectivity index (χ1) is 9.66. The van der Waals surface area contributed by atoms with Crippen molar-refractivity contribution in [1.29, 1.82) is 0 Å². The monoisotopic (exact) mass is 282 g/mol. The second-order valence-corrected chi connectivity index (χ2v) is 6.60. The van der Waals surface area contributed by atoms with E-state index >= 15 is 0 Å². The number of hydrogen-bond acceptors (Lipinski definition) is 4. The molecule has 3 rings (SSSR count). The number of carbonyl (C=O) groups excluding carboxylic acids is 1. The van der Waals surface area contributed by atoms with Gasteiger partial charge in [0, 0.05) is 32.2 Å². The van der Waals surface area contributed by atoms with Crippen LogP contribution in [0.5, 0.6) is 0 Å². The normalized spacial score (nSPS) is 33.0. The highest BCUT2D eigenvalue weighted by Crippen LogP contribution is 2.27. The van der Waals surface area contributed by atoms with E-state index in [1.807, 2.05) is 4.90 Å². The lowest BCUT2D eigenvalue weighted by Gasteiger charge is -2.30. The minimum atomic E-state index is -0.689. The molecule has 114 valence electrons. The van der Waals surface area contributed by atoms with Gasteiger partial charge in [-0.2, -0.15) is 0 Å². The highest BCUT2D eigenvalue weighted by atomic mass is 16.5. The zero-order chi connectivity index (χ0) is 14.0. The van der Waals surface area contributed by atoms with Crippen molar-refractivity contribution in [3.05, 3.63) is 0 Å².